The van der Waals surface area contributed by atoms with E-state index in [0.717, 1.165) is 15.7 Å². The summed E-state index contributed by atoms with van der Waals surface area (Å²) in [6.07, 6.45) is 2.11. The Labute approximate surface area is 121 Å². The van der Waals surface area contributed by atoms with Gasteiger partial charge in [0.2, 0.25) is 5.91 Å². The fraction of sp³-hybridized carbons (Fsp3) is 0.200. The molecule has 1 amide bonds. The van der Waals surface area contributed by atoms with Crippen molar-refractivity contribution >= 4 is 21.8 Å². The lowest BCUT2D eigenvalue weighted by atomic mass is 10.1. The van der Waals surface area contributed by atoms with Crippen LogP contribution in [-0.4, -0.2) is 10.9 Å². The van der Waals surface area contributed by atoms with Gasteiger partial charge in [0.05, 0.1) is 18.2 Å². The summed E-state index contributed by atoms with van der Waals surface area (Å²) >= 11 is 3.37. The largest absolute Gasteiger partial charge is 0.348 e. The van der Waals surface area contributed by atoms with E-state index in [2.05, 4.69) is 26.2 Å². The number of hydrogen-bond donors (Lipinski definition) is 1. The van der Waals surface area contributed by atoms with Gasteiger partial charge in [0.25, 0.3) is 0 Å². The first-order valence-electron chi connectivity index (χ1n) is 6.10. The Morgan fingerprint density at radius 3 is 2.63 bits per heavy atom. The lowest BCUT2D eigenvalue weighted by molar-refractivity contribution is -0.121. The van der Waals surface area contributed by atoms with E-state index in [4.69, 9.17) is 0 Å². The van der Waals surface area contributed by atoms with E-state index in [-0.39, 0.29) is 11.9 Å². The zero-order chi connectivity index (χ0) is 13.7. The number of hydrogen-bond acceptors (Lipinski definition) is 2. The molecule has 1 heterocycles. The SMILES string of the molecule is CC(NC(=O)Cc1ccc(Br)cc1)c1ccccn1. The van der Waals surface area contributed by atoms with E-state index >= 15 is 0 Å². The molecule has 0 spiro atoms. The molecule has 0 aliphatic carbocycles. The molecular formula is C15H15BrN2O. The quantitative estimate of drug-likeness (QED) is 0.940. The Bertz CT molecular complexity index is 540. The van der Waals surface area contributed by atoms with Gasteiger partial charge in [0.1, 0.15) is 0 Å². The molecule has 0 bridgehead atoms. The number of nitrogens with one attached hydrogen (secondary N) is 1. The highest BCUT2D eigenvalue weighted by molar-refractivity contribution is 9.10. The van der Waals surface area contributed by atoms with E-state index in [0.29, 0.717) is 6.42 Å². The molecule has 0 saturated carbocycles. The van der Waals surface area contributed by atoms with Gasteiger partial charge in [-0.1, -0.05) is 34.1 Å². The number of amides is 1. The van der Waals surface area contributed by atoms with E-state index < -0.39 is 0 Å². The number of rotatable bonds is 4. The normalized spacial score (nSPS) is 11.9. The summed E-state index contributed by atoms with van der Waals surface area (Å²) in [6.45, 7) is 1.93. The molecule has 1 aromatic carbocycles. The summed E-state index contributed by atoms with van der Waals surface area (Å²) in [5.74, 6) is 0.000440. The molecule has 2 aromatic rings. The van der Waals surface area contributed by atoms with Crippen LogP contribution in [-0.2, 0) is 11.2 Å². The summed E-state index contributed by atoms with van der Waals surface area (Å²) in [5.41, 5.74) is 1.86. The number of nitrogens with zero attached hydrogens (tertiary/aromatic N) is 1. The van der Waals surface area contributed by atoms with Crippen LogP contribution in [0.3, 0.4) is 0 Å². The molecule has 3 nitrogen and oxygen atoms in total. The van der Waals surface area contributed by atoms with Crippen molar-refractivity contribution in [3.8, 4) is 0 Å². The Kier molecular flexibility index (Phi) is 4.68. The fourth-order valence-electron chi connectivity index (χ4n) is 1.79. The summed E-state index contributed by atoms with van der Waals surface area (Å²) in [4.78, 5) is 16.2. The third-order valence-corrected chi connectivity index (χ3v) is 3.32. The van der Waals surface area contributed by atoms with Crippen LogP contribution in [0.25, 0.3) is 0 Å². The number of benzene rings is 1. The molecule has 1 unspecified atom stereocenters. The van der Waals surface area contributed by atoms with Gasteiger partial charge in [-0.15, -0.1) is 0 Å². The molecule has 1 N–H and O–H groups in total. The van der Waals surface area contributed by atoms with Gasteiger partial charge in [-0.05, 0) is 36.8 Å². The zero-order valence-corrected chi connectivity index (χ0v) is 12.2. The predicted molar refractivity (Wildman–Crippen MR) is 78.6 cm³/mol. The topological polar surface area (TPSA) is 42.0 Å². The Morgan fingerprint density at radius 2 is 2.00 bits per heavy atom. The van der Waals surface area contributed by atoms with Gasteiger partial charge in [-0.2, -0.15) is 0 Å². The van der Waals surface area contributed by atoms with Gasteiger partial charge in [-0.3, -0.25) is 9.78 Å². The molecule has 19 heavy (non-hydrogen) atoms. The van der Waals surface area contributed by atoms with E-state index in [1.54, 1.807) is 6.20 Å². The highest BCUT2D eigenvalue weighted by atomic mass is 79.9. The number of aromatic nitrogens is 1. The first-order valence-corrected chi connectivity index (χ1v) is 6.89. The standard InChI is InChI=1S/C15H15BrN2O/c1-11(14-4-2-3-9-17-14)18-15(19)10-12-5-7-13(16)8-6-12/h2-9,11H,10H2,1H3,(H,18,19). The predicted octanol–water partition coefficient (Wildman–Crippen LogP) is 3.26. The fourth-order valence-corrected chi connectivity index (χ4v) is 2.05. The highest BCUT2D eigenvalue weighted by Crippen LogP contribution is 2.12. The Morgan fingerprint density at radius 1 is 1.26 bits per heavy atom. The van der Waals surface area contributed by atoms with Gasteiger partial charge in [-0.25, -0.2) is 0 Å². The lowest BCUT2D eigenvalue weighted by Crippen LogP contribution is -2.28. The molecule has 0 aliphatic heterocycles. The van der Waals surface area contributed by atoms with E-state index in [9.17, 15) is 4.79 Å². The first kappa shape index (κ1) is 13.7. The van der Waals surface area contributed by atoms with Crippen molar-refractivity contribution in [2.75, 3.05) is 0 Å². The molecule has 0 saturated heterocycles. The van der Waals surface area contributed by atoms with Gasteiger partial charge in [0, 0.05) is 10.7 Å². The Balaban J connectivity index is 1.93. The minimum absolute atomic E-state index is 0.000440. The maximum absolute atomic E-state index is 11.9. The van der Waals surface area contributed by atoms with Crippen LogP contribution >= 0.6 is 15.9 Å². The van der Waals surface area contributed by atoms with E-state index in [1.165, 1.54) is 0 Å². The minimum atomic E-state index is -0.0795. The molecule has 1 aromatic heterocycles. The van der Waals surface area contributed by atoms with Gasteiger partial charge >= 0.3 is 0 Å². The first-order chi connectivity index (χ1) is 9.15. The van der Waals surface area contributed by atoms with Crippen LogP contribution in [0.5, 0.6) is 0 Å². The third kappa shape index (κ3) is 4.17. The number of pyridine rings is 1. The van der Waals surface area contributed by atoms with Crippen molar-refractivity contribution in [1.29, 1.82) is 0 Å². The van der Waals surface area contributed by atoms with Crippen molar-refractivity contribution in [2.24, 2.45) is 0 Å². The van der Waals surface area contributed by atoms with Crippen LogP contribution in [0.4, 0.5) is 0 Å². The van der Waals surface area contributed by atoms with Crippen molar-refractivity contribution in [3.05, 3.63) is 64.4 Å². The smallest absolute Gasteiger partial charge is 0.224 e. The van der Waals surface area contributed by atoms with Crippen molar-refractivity contribution in [1.82, 2.24) is 10.3 Å². The second-order valence-corrected chi connectivity index (χ2v) is 5.26. The van der Waals surface area contributed by atoms with Crippen LogP contribution in [0.15, 0.2) is 53.1 Å². The summed E-state index contributed by atoms with van der Waals surface area (Å²) in [7, 11) is 0. The second kappa shape index (κ2) is 6.48. The zero-order valence-electron chi connectivity index (χ0n) is 10.6. The van der Waals surface area contributed by atoms with E-state index in [1.807, 2.05) is 49.4 Å². The number of halogens is 1. The Hall–Kier alpha value is -1.68. The van der Waals surface area contributed by atoms with Crippen LogP contribution < -0.4 is 5.32 Å². The molecule has 4 heteroatoms. The maximum atomic E-state index is 11.9. The third-order valence-electron chi connectivity index (χ3n) is 2.79. The average molecular weight is 319 g/mol. The monoisotopic (exact) mass is 318 g/mol. The molecule has 2 rings (SSSR count). The molecule has 0 fully saturated rings. The maximum Gasteiger partial charge on any atom is 0.224 e. The molecule has 1 atom stereocenters. The number of carbonyl (C=O) groups excluding carboxylic acids is 1. The summed E-state index contributed by atoms with van der Waals surface area (Å²) in [6, 6.07) is 13.4. The average Bonchev–Trinajstić information content (AvgIpc) is 2.42. The van der Waals surface area contributed by atoms with Crippen LogP contribution in [0, 0.1) is 0 Å². The highest BCUT2D eigenvalue weighted by Gasteiger charge is 2.10. The van der Waals surface area contributed by atoms with Gasteiger partial charge < -0.3 is 5.32 Å². The summed E-state index contributed by atoms with van der Waals surface area (Å²) < 4.78 is 1.01. The molecular weight excluding hydrogens is 304 g/mol. The molecule has 0 radical (unpaired) electrons. The number of carbonyl (C=O) groups is 1. The minimum Gasteiger partial charge on any atom is -0.348 e. The van der Waals surface area contributed by atoms with Crippen molar-refractivity contribution < 1.29 is 4.79 Å². The van der Waals surface area contributed by atoms with Gasteiger partial charge in [0.15, 0.2) is 0 Å². The molecule has 98 valence electrons. The second-order valence-electron chi connectivity index (χ2n) is 4.35. The van der Waals surface area contributed by atoms with Crippen LogP contribution in [0.2, 0.25) is 0 Å². The van der Waals surface area contributed by atoms with Crippen LogP contribution in [0.1, 0.15) is 24.2 Å². The van der Waals surface area contributed by atoms with Crippen molar-refractivity contribution in [3.63, 3.8) is 0 Å². The molecule has 0 aliphatic rings. The van der Waals surface area contributed by atoms with Crippen molar-refractivity contribution in [2.45, 2.75) is 19.4 Å². The summed E-state index contributed by atoms with van der Waals surface area (Å²) in [5, 5.41) is 2.95. The lowest BCUT2D eigenvalue weighted by Gasteiger charge is -2.13.